The smallest absolute Gasteiger partial charge is 0.272 e. The van der Waals surface area contributed by atoms with Crippen molar-refractivity contribution in [3.05, 3.63) is 60.9 Å². The minimum absolute atomic E-state index is 0.0234. The van der Waals surface area contributed by atoms with E-state index in [1.165, 1.54) is 6.07 Å². The normalized spacial score (nSPS) is 21.8. The van der Waals surface area contributed by atoms with Gasteiger partial charge in [0.05, 0.1) is 25.2 Å². The maximum absolute atomic E-state index is 13.2. The predicted molar refractivity (Wildman–Crippen MR) is 145 cm³/mol. The van der Waals surface area contributed by atoms with Gasteiger partial charge in [-0.05, 0) is 43.7 Å². The topological polar surface area (TPSA) is 130 Å². The number of nitrogens with zero attached hydrogens (tertiary/aromatic N) is 5. The first kappa shape index (κ1) is 27.3. The fourth-order valence-electron chi connectivity index (χ4n) is 5.39. The lowest BCUT2D eigenvalue weighted by atomic mass is 9.78. The van der Waals surface area contributed by atoms with Crippen LogP contribution in [-0.4, -0.2) is 96.2 Å². The summed E-state index contributed by atoms with van der Waals surface area (Å²) in [6.45, 7) is 2.14. The SMILES string of the molecule is CN1CC(O)CNS(=O)(=O)c2ccc(-c3cccnc3)cc2OCC2(CCN(C(=O)c3cncn3C)CC2)C1. The molecule has 1 fully saturated rings. The number of aliphatic hydroxyl groups is 1. The minimum Gasteiger partial charge on any atom is -0.492 e. The van der Waals surface area contributed by atoms with Crippen LogP contribution in [0.2, 0.25) is 0 Å². The molecule has 0 bridgehead atoms. The molecule has 2 aliphatic heterocycles. The number of amides is 1. The van der Waals surface area contributed by atoms with Crippen molar-refractivity contribution >= 4 is 15.9 Å². The average molecular weight is 555 g/mol. The Kier molecular flexibility index (Phi) is 7.72. The monoisotopic (exact) mass is 554 g/mol. The summed E-state index contributed by atoms with van der Waals surface area (Å²) in [5.74, 6) is 0.181. The van der Waals surface area contributed by atoms with Gasteiger partial charge in [0.25, 0.3) is 5.91 Å². The standard InChI is InChI=1S/C27H34N6O5S/c1-31-16-22(34)14-30-39(36,37)25-6-5-20(21-4-3-9-28-13-21)12-24(25)38-18-27(17-31)7-10-33(11-8-27)26(35)23-15-29-19-32(23)2/h3-6,9,12-13,15,19,22,30,34H,7-8,10-11,14,16-18H2,1-2H3. The number of benzene rings is 1. The van der Waals surface area contributed by atoms with Crippen molar-refractivity contribution in [2.45, 2.75) is 23.8 Å². The number of fused-ring (bicyclic) bond motifs is 1. The number of rotatable bonds is 2. The molecule has 208 valence electrons. The molecule has 2 aromatic heterocycles. The van der Waals surface area contributed by atoms with Gasteiger partial charge in [-0.2, -0.15) is 0 Å². The van der Waals surface area contributed by atoms with Gasteiger partial charge in [0.1, 0.15) is 16.3 Å². The fourth-order valence-corrected chi connectivity index (χ4v) is 6.59. The molecule has 5 rings (SSSR count). The first-order chi connectivity index (χ1) is 18.7. The van der Waals surface area contributed by atoms with Crippen LogP contribution < -0.4 is 9.46 Å². The van der Waals surface area contributed by atoms with Gasteiger partial charge in [0, 0.05) is 63.1 Å². The first-order valence-corrected chi connectivity index (χ1v) is 14.4. The van der Waals surface area contributed by atoms with Gasteiger partial charge in [-0.1, -0.05) is 12.1 Å². The summed E-state index contributed by atoms with van der Waals surface area (Å²) >= 11 is 0. The zero-order chi connectivity index (χ0) is 27.6. The first-order valence-electron chi connectivity index (χ1n) is 12.9. The molecule has 1 unspecified atom stereocenters. The third-order valence-electron chi connectivity index (χ3n) is 7.55. The van der Waals surface area contributed by atoms with E-state index in [0.717, 1.165) is 11.1 Å². The van der Waals surface area contributed by atoms with Gasteiger partial charge in [-0.3, -0.25) is 9.78 Å². The van der Waals surface area contributed by atoms with Crippen LogP contribution in [0.5, 0.6) is 5.75 Å². The van der Waals surface area contributed by atoms with Crippen LogP contribution in [-0.2, 0) is 17.1 Å². The molecule has 0 saturated carbocycles. The number of β-amino-alcohol motifs (C(OH)–C–C–N with tert-alkyl or cyclic N) is 1. The van der Waals surface area contributed by atoms with Crippen molar-refractivity contribution < 1.29 is 23.1 Å². The van der Waals surface area contributed by atoms with Crippen LogP contribution in [0.4, 0.5) is 0 Å². The summed E-state index contributed by atoms with van der Waals surface area (Å²) in [7, 11) is -0.233. The molecular formula is C27H34N6O5S. The summed E-state index contributed by atoms with van der Waals surface area (Å²) in [5, 5.41) is 10.6. The maximum Gasteiger partial charge on any atom is 0.272 e. The number of ether oxygens (including phenoxy) is 1. The molecule has 1 aromatic carbocycles. The zero-order valence-corrected chi connectivity index (χ0v) is 23.0. The Morgan fingerprint density at radius 1 is 1.13 bits per heavy atom. The van der Waals surface area contributed by atoms with Crippen LogP contribution in [0.25, 0.3) is 11.1 Å². The predicted octanol–water partition coefficient (Wildman–Crippen LogP) is 1.37. The van der Waals surface area contributed by atoms with E-state index >= 15 is 0 Å². The van der Waals surface area contributed by atoms with E-state index in [9.17, 15) is 18.3 Å². The largest absolute Gasteiger partial charge is 0.492 e. The zero-order valence-electron chi connectivity index (χ0n) is 22.2. The highest BCUT2D eigenvalue weighted by Gasteiger charge is 2.39. The number of aliphatic hydroxyl groups excluding tert-OH is 1. The molecule has 4 heterocycles. The van der Waals surface area contributed by atoms with Crippen molar-refractivity contribution in [2.75, 3.05) is 46.4 Å². The number of sulfonamides is 1. The minimum atomic E-state index is -3.94. The molecule has 1 atom stereocenters. The van der Waals surface area contributed by atoms with E-state index in [1.807, 2.05) is 29.0 Å². The molecule has 39 heavy (non-hydrogen) atoms. The number of likely N-dealkylation sites (N-methyl/N-ethyl adjacent to an activating group) is 1. The fraction of sp³-hybridized carbons (Fsp3) is 0.444. The van der Waals surface area contributed by atoms with Crippen LogP contribution >= 0.6 is 0 Å². The Balaban J connectivity index is 1.45. The Morgan fingerprint density at radius 3 is 2.62 bits per heavy atom. The van der Waals surface area contributed by atoms with Crippen molar-refractivity contribution in [1.82, 2.24) is 29.1 Å². The van der Waals surface area contributed by atoms with Gasteiger partial charge >= 0.3 is 0 Å². The highest BCUT2D eigenvalue weighted by molar-refractivity contribution is 7.89. The molecule has 0 radical (unpaired) electrons. The molecule has 1 spiro atoms. The van der Waals surface area contributed by atoms with Crippen LogP contribution in [0.3, 0.4) is 0 Å². The number of hydrogen-bond donors (Lipinski definition) is 2. The van der Waals surface area contributed by atoms with Gasteiger partial charge in [-0.25, -0.2) is 18.1 Å². The van der Waals surface area contributed by atoms with Gasteiger partial charge in [0.2, 0.25) is 10.0 Å². The van der Waals surface area contributed by atoms with Gasteiger partial charge < -0.3 is 24.2 Å². The second-order valence-corrected chi connectivity index (χ2v) is 12.3. The lowest BCUT2D eigenvalue weighted by Crippen LogP contribution is -2.51. The van der Waals surface area contributed by atoms with E-state index < -0.39 is 16.1 Å². The summed E-state index contributed by atoms with van der Waals surface area (Å²) in [6.07, 6.45) is 7.03. The molecule has 0 aliphatic carbocycles. The number of nitrogens with one attached hydrogen (secondary N) is 1. The molecule has 1 saturated heterocycles. The van der Waals surface area contributed by atoms with E-state index in [1.54, 1.807) is 48.7 Å². The van der Waals surface area contributed by atoms with Crippen molar-refractivity contribution in [3.63, 3.8) is 0 Å². The second kappa shape index (κ2) is 11.0. The lowest BCUT2D eigenvalue weighted by molar-refractivity contribution is 0.0156. The molecule has 11 nitrogen and oxygen atoms in total. The number of likely N-dealkylation sites (tertiary alicyclic amines) is 1. The van der Waals surface area contributed by atoms with E-state index in [4.69, 9.17) is 4.74 Å². The number of imidazole rings is 1. The van der Waals surface area contributed by atoms with E-state index in [-0.39, 0.29) is 35.1 Å². The number of carbonyl (C=O) groups is 1. The molecule has 1 amide bonds. The number of aryl methyl sites for hydroxylation is 1. The quantitative estimate of drug-likeness (QED) is 0.486. The molecule has 3 aromatic rings. The van der Waals surface area contributed by atoms with Gasteiger partial charge in [0.15, 0.2) is 0 Å². The van der Waals surface area contributed by atoms with Crippen LogP contribution in [0.1, 0.15) is 23.3 Å². The number of carbonyl (C=O) groups excluding carboxylic acids is 1. The van der Waals surface area contributed by atoms with Crippen LogP contribution in [0.15, 0.2) is 60.1 Å². The number of piperidine rings is 1. The molecule has 12 heteroatoms. The van der Waals surface area contributed by atoms with Gasteiger partial charge in [-0.15, -0.1) is 0 Å². The average Bonchev–Trinajstić information content (AvgIpc) is 3.36. The molecule has 2 N–H and O–H groups in total. The number of aromatic nitrogens is 3. The lowest BCUT2D eigenvalue weighted by Gasteiger charge is -2.44. The van der Waals surface area contributed by atoms with E-state index in [2.05, 4.69) is 14.7 Å². The highest BCUT2D eigenvalue weighted by atomic mass is 32.2. The summed E-state index contributed by atoms with van der Waals surface area (Å²) < 4.78 is 37.1. The van der Waals surface area contributed by atoms with Crippen molar-refractivity contribution in [3.8, 4) is 16.9 Å². The van der Waals surface area contributed by atoms with Crippen molar-refractivity contribution in [2.24, 2.45) is 12.5 Å². The third-order valence-corrected chi connectivity index (χ3v) is 9.01. The molecule has 2 aliphatic rings. The van der Waals surface area contributed by atoms with Crippen molar-refractivity contribution in [1.29, 1.82) is 0 Å². The Labute approximate surface area is 228 Å². The maximum atomic E-state index is 13.2. The Bertz CT molecular complexity index is 1420. The number of hydrogen-bond acceptors (Lipinski definition) is 8. The molecular weight excluding hydrogens is 520 g/mol. The summed E-state index contributed by atoms with van der Waals surface area (Å²) in [5.41, 5.74) is 1.81. The second-order valence-electron chi connectivity index (χ2n) is 10.6. The number of pyridine rings is 1. The Morgan fingerprint density at radius 2 is 1.92 bits per heavy atom. The van der Waals surface area contributed by atoms with Crippen LogP contribution in [0, 0.1) is 5.41 Å². The highest BCUT2D eigenvalue weighted by Crippen LogP contribution is 2.37. The summed E-state index contributed by atoms with van der Waals surface area (Å²) in [6, 6.07) is 8.71. The summed E-state index contributed by atoms with van der Waals surface area (Å²) in [4.78, 5) is 25.2. The van der Waals surface area contributed by atoms with E-state index in [0.29, 0.717) is 44.7 Å². The third kappa shape index (κ3) is 5.98. The Hall–Kier alpha value is -3.32.